The first-order chi connectivity index (χ1) is 9.43. The monoisotopic (exact) mass is 360 g/mol. The molecule has 0 aliphatic heterocycles. The average molecular weight is 362 g/mol. The fourth-order valence-corrected chi connectivity index (χ4v) is 3.04. The number of rotatable bonds is 3. The van der Waals surface area contributed by atoms with Crippen LogP contribution in [0.4, 0.5) is 8.78 Å². The van der Waals surface area contributed by atoms with Crippen LogP contribution in [0, 0.1) is 18.6 Å². The van der Waals surface area contributed by atoms with E-state index in [1.807, 2.05) is 0 Å². The van der Waals surface area contributed by atoms with Gasteiger partial charge in [-0.15, -0.1) is 0 Å². The molecule has 2 aromatic carbocycles. The molecule has 0 saturated heterocycles. The Labute approximate surface area is 129 Å². The van der Waals surface area contributed by atoms with Crippen molar-refractivity contribution in [2.24, 2.45) is 0 Å². The van der Waals surface area contributed by atoms with Gasteiger partial charge in [0.1, 0.15) is 17.4 Å². The summed E-state index contributed by atoms with van der Waals surface area (Å²) < 4.78 is 32.3. The Kier molecular flexibility index (Phi) is 4.66. The minimum absolute atomic E-state index is 0.343. The molecule has 20 heavy (non-hydrogen) atoms. The Bertz CT molecular complexity index is 646. The third-order valence-electron chi connectivity index (χ3n) is 3.03. The van der Waals surface area contributed by atoms with Gasteiger partial charge in [-0.25, -0.2) is 8.78 Å². The molecular weight excluding hydrogens is 350 g/mol. The van der Waals surface area contributed by atoms with Gasteiger partial charge in [0.15, 0.2) is 0 Å². The highest BCUT2D eigenvalue weighted by molar-refractivity contribution is 9.09. The van der Waals surface area contributed by atoms with Gasteiger partial charge in [0.25, 0.3) is 0 Å². The van der Waals surface area contributed by atoms with Crippen molar-refractivity contribution in [3.8, 4) is 5.75 Å². The number of alkyl halides is 1. The van der Waals surface area contributed by atoms with Crippen LogP contribution in [0.5, 0.6) is 5.75 Å². The van der Waals surface area contributed by atoms with Gasteiger partial charge in [-0.1, -0.05) is 33.6 Å². The first kappa shape index (κ1) is 15.3. The molecule has 5 heteroatoms. The highest BCUT2D eigenvalue weighted by atomic mass is 79.9. The van der Waals surface area contributed by atoms with E-state index in [2.05, 4.69) is 15.9 Å². The van der Waals surface area contributed by atoms with Crippen molar-refractivity contribution in [1.29, 1.82) is 0 Å². The van der Waals surface area contributed by atoms with Crippen LogP contribution >= 0.6 is 27.5 Å². The summed E-state index contributed by atoms with van der Waals surface area (Å²) in [6.07, 6.45) is 0. The Hall–Kier alpha value is -1.13. The van der Waals surface area contributed by atoms with Crippen LogP contribution in [0.3, 0.4) is 0 Å². The zero-order chi connectivity index (χ0) is 14.9. The summed E-state index contributed by atoms with van der Waals surface area (Å²) in [6.45, 7) is 1.59. The van der Waals surface area contributed by atoms with Crippen LogP contribution in [-0.4, -0.2) is 7.11 Å². The van der Waals surface area contributed by atoms with Gasteiger partial charge < -0.3 is 4.74 Å². The number of methoxy groups -OCH3 is 1. The van der Waals surface area contributed by atoms with Crippen molar-refractivity contribution in [2.45, 2.75) is 11.8 Å². The van der Waals surface area contributed by atoms with E-state index in [4.69, 9.17) is 16.3 Å². The third-order valence-corrected chi connectivity index (χ3v) is 4.35. The van der Waals surface area contributed by atoms with E-state index in [0.717, 1.165) is 6.07 Å². The van der Waals surface area contributed by atoms with Gasteiger partial charge in [-0.05, 0) is 36.2 Å². The summed E-state index contributed by atoms with van der Waals surface area (Å²) in [5.74, 6) is -0.553. The summed E-state index contributed by atoms with van der Waals surface area (Å²) >= 11 is 9.58. The van der Waals surface area contributed by atoms with Crippen LogP contribution in [0.1, 0.15) is 21.5 Å². The highest BCUT2D eigenvalue weighted by Crippen LogP contribution is 2.38. The van der Waals surface area contributed by atoms with Crippen LogP contribution in [0.2, 0.25) is 5.02 Å². The largest absolute Gasteiger partial charge is 0.497 e. The molecule has 0 radical (unpaired) electrons. The van der Waals surface area contributed by atoms with Gasteiger partial charge in [0.2, 0.25) is 0 Å². The van der Waals surface area contributed by atoms with Crippen molar-refractivity contribution in [3.63, 3.8) is 0 Å². The minimum Gasteiger partial charge on any atom is -0.497 e. The first-order valence-electron chi connectivity index (χ1n) is 5.87. The van der Waals surface area contributed by atoms with Gasteiger partial charge >= 0.3 is 0 Å². The molecule has 2 aromatic rings. The van der Waals surface area contributed by atoms with Gasteiger partial charge in [0.05, 0.1) is 11.9 Å². The van der Waals surface area contributed by atoms with E-state index in [0.29, 0.717) is 27.5 Å². The molecule has 0 heterocycles. The van der Waals surface area contributed by atoms with E-state index in [1.54, 1.807) is 32.2 Å². The predicted octanol–water partition coefficient (Wildman–Crippen LogP) is 5.42. The fourth-order valence-electron chi connectivity index (χ4n) is 1.88. The lowest BCUT2D eigenvalue weighted by atomic mass is 10.0. The maximum Gasteiger partial charge on any atom is 0.130 e. The van der Waals surface area contributed by atoms with E-state index in [1.165, 1.54) is 6.07 Å². The molecule has 2 rings (SSSR count). The second-order valence-corrected chi connectivity index (χ2v) is 5.70. The minimum atomic E-state index is -0.609. The summed E-state index contributed by atoms with van der Waals surface area (Å²) in [5.41, 5.74) is 1.42. The molecule has 0 bridgehead atoms. The van der Waals surface area contributed by atoms with Gasteiger partial charge in [0, 0.05) is 16.7 Å². The number of halogens is 4. The lowest BCUT2D eigenvalue weighted by Crippen LogP contribution is -2.00. The Morgan fingerprint density at radius 3 is 2.40 bits per heavy atom. The number of hydrogen-bond donors (Lipinski definition) is 0. The molecule has 0 saturated carbocycles. The number of benzene rings is 2. The normalized spacial score (nSPS) is 12.3. The van der Waals surface area contributed by atoms with Crippen LogP contribution in [0.25, 0.3) is 0 Å². The standard InChI is InChI=1S/C15H12BrClF2O/c1-8-5-11(14(19)7-13(8)18)15(16)10-4-3-9(20-2)6-12(10)17/h3-7,15H,1-2H3. The van der Waals surface area contributed by atoms with E-state index in [9.17, 15) is 8.78 Å². The van der Waals surface area contributed by atoms with E-state index in [-0.39, 0.29) is 0 Å². The Morgan fingerprint density at radius 1 is 1.10 bits per heavy atom. The quantitative estimate of drug-likeness (QED) is 0.663. The molecule has 0 fully saturated rings. The van der Waals surface area contributed by atoms with Crippen LogP contribution in [-0.2, 0) is 0 Å². The molecule has 0 spiro atoms. The SMILES string of the molecule is COc1ccc(C(Br)c2cc(C)c(F)cc2F)c(Cl)c1. The number of ether oxygens (including phenoxy) is 1. The van der Waals surface area contributed by atoms with E-state index < -0.39 is 16.5 Å². The molecule has 0 aliphatic carbocycles. The van der Waals surface area contributed by atoms with Crippen LogP contribution < -0.4 is 4.74 Å². The lowest BCUT2D eigenvalue weighted by Gasteiger charge is -2.15. The molecule has 1 nitrogen and oxygen atoms in total. The maximum atomic E-state index is 13.9. The summed E-state index contributed by atoms with van der Waals surface area (Å²) in [6, 6.07) is 7.50. The fraction of sp³-hybridized carbons (Fsp3) is 0.200. The zero-order valence-corrected chi connectivity index (χ0v) is 13.2. The molecule has 1 unspecified atom stereocenters. The summed E-state index contributed by atoms with van der Waals surface area (Å²) in [5, 5.41) is 0.451. The second-order valence-electron chi connectivity index (χ2n) is 4.37. The smallest absolute Gasteiger partial charge is 0.130 e. The predicted molar refractivity (Wildman–Crippen MR) is 79.9 cm³/mol. The van der Waals surface area contributed by atoms with Crippen molar-refractivity contribution < 1.29 is 13.5 Å². The molecule has 0 aromatic heterocycles. The lowest BCUT2D eigenvalue weighted by molar-refractivity contribution is 0.414. The molecule has 1 atom stereocenters. The summed E-state index contributed by atoms with van der Waals surface area (Å²) in [7, 11) is 1.54. The second kappa shape index (κ2) is 6.10. The molecule has 0 aliphatic rings. The van der Waals surface area contributed by atoms with Crippen molar-refractivity contribution in [2.75, 3.05) is 7.11 Å². The number of hydrogen-bond acceptors (Lipinski definition) is 1. The molecule has 0 N–H and O–H groups in total. The molecule has 106 valence electrons. The third kappa shape index (κ3) is 2.96. The van der Waals surface area contributed by atoms with Gasteiger partial charge in [-0.2, -0.15) is 0 Å². The maximum absolute atomic E-state index is 13.9. The highest BCUT2D eigenvalue weighted by Gasteiger charge is 2.19. The Balaban J connectivity index is 2.46. The van der Waals surface area contributed by atoms with Crippen LogP contribution in [0.15, 0.2) is 30.3 Å². The number of aryl methyl sites for hydroxylation is 1. The van der Waals surface area contributed by atoms with Crippen molar-refractivity contribution in [3.05, 3.63) is 63.7 Å². The summed E-state index contributed by atoms with van der Waals surface area (Å²) in [4.78, 5) is -0.458. The Morgan fingerprint density at radius 2 is 1.80 bits per heavy atom. The topological polar surface area (TPSA) is 9.23 Å². The van der Waals surface area contributed by atoms with Gasteiger partial charge in [-0.3, -0.25) is 0 Å². The van der Waals surface area contributed by atoms with Crippen molar-refractivity contribution in [1.82, 2.24) is 0 Å². The first-order valence-corrected chi connectivity index (χ1v) is 7.16. The molecule has 0 amide bonds. The van der Waals surface area contributed by atoms with Crippen molar-refractivity contribution >= 4 is 27.5 Å². The average Bonchev–Trinajstić information content (AvgIpc) is 2.42. The molecular formula is C15H12BrClF2O. The zero-order valence-electron chi connectivity index (χ0n) is 10.9. The van der Waals surface area contributed by atoms with E-state index >= 15 is 0 Å².